The molecule has 102 valence electrons. The Morgan fingerprint density at radius 1 is 1.58 bits per heavy atom. The molecule has 8 heteroatoms. The summed E-state index contributed by atoms with van der Waals surface area (Å²) in [6.07, 6.45) is 1.44. The van der Waals surface area contributed by atoms with Crippen LogP contribution in [-0.4, -0.2) is 32.8 Å². The summed E-state index contributed by atoms with van der Waals surface area (Å²) in [6, 6.07) is 1.54. The van der Waals surface area contributed by atoms with Gasteiger partial charge in [-0.3, -0.25) is 9.79 Å². The Kier molecular flexibility index (Phi) is 5.38. The number of nitrogens with one attached hydrogen (secondary N) is 1. The van der Waals surface area contributed by atoms with E-state index in [2.05, 4.69) is 15.3 Å². The van der Waals surface area contributed by atoms with Crippen molar-refractivity contribution in [1.29, 1.82) is 0 Å². The molecule has 1 aliphatic heterocycles. The molecule has 1 aliphatic rings. The van der Waals surface area contributed by atoms with Crippen LogP contribution in [-0.2, 0) is 4.79 Å². The molecule has 2 heterocycles. The molecular weight excluding hydrogens is 325 g/mol. The van der Waals surface area contributed by atoms with Crippen LogP contribution >= 0.6 is 46.7 Å². The lowest BCUT2D eigenvalue weighted by atomic mass is 10.4. The third kappa shape index (κ3) is 4.27. The number of aromatic nitrogens is 1. The van der Waals surface area contributed by atoms with Crippen LogP contribution in [0.1, 0.15) is 6.92 Å². The minimum atomic E-state index is -0.252. The van der Waals surface area contributed by atoms with Crippen LogP contribution in [0, 0.1) is 0 Å². The number of thioether (sulfide) groups is 2. The van der Waals surface area contributed by atoms with Gasteiger partial charge in [-0.15, -0.1) is 0 Å². The molecule has 0 aliphatic carbocycles. The van der Waals surface area contributed by atoms with E-state index in [1.165, 1.54) is 18.0 Å². The second-order valence-corrected chi connectivity index (χ2v) is 7.24. The van der Waals surface area contributed by atoms with Crippen LogP contribution in [0.3, 0.4) is 0 Å². The van der Waals surface area contributed by atoms with Crippen molar-refractivity contribution >= 4 is 62.8 Å². The maximum atomic E-state index is 12.0. The Morgan fingerprint density at radius 2 is 2.37 bits per heavy atom. The number of anilines is 1. The number of hydrogen-bond donors (Lipinski definition) is 1. The smallest absolute Gasteiger partial charge is 0.238 e. The van der Waals surface area contributed by atoms with Crippen LogP contribution in [0.5, 0.6) is 0 Å². The zero-order chi connectivity index (χ0) is 13.8. The molecule has 0 spiro atoms. The highest BCUT2D eigenvalue weighted by atomic mass is 35.5. The lowest BCUT2D eigenvalue weighted by molar-refractivity contribution is -0.115. The van der Waals surface area contributed by atoms with E-state index >= 15 is 0 Å². The van der Waals surface area contributed by atoms with Gasteiger partial charge in [-0.05, 0) is 13.0 Å². The monoisotopic (exact) mass is 335 g/mol. The van der Waals surface area contributed by atoms with E-state index in [4.69, 9.17) is 23.2 Å². The SMILES string of the molecule is C[C@H](SC1=NCCS1)C(=O)Nc1ncc(Cl)cc1Cl. The van der Waals surface area contributed by atoms with E-state index < -0.39 is 0 Å². The van der Waals surface area contributed by atoms with Crippen molar-refractivity contribution in [3.8, 4) is 0 Å². The topological polar surface area (TPSA) is 54.4 Å². The van der Waals surface area contributed by atoms with Gasteiger partial charge in [0.05, 0.1) is 21.8 Å². The molecule has 0 unspecified atom stereocenters. The molecule has 0 saturated heterocycles. The molecule has 0 fully saturated rings. The molecule has 0 saturated carbocycles. The van der Waals surface area contributed by atoms with E-state index in [9.17, 15) is 4.79 Å². The molecule has 0 bridgehead atoms. The van der Waals surface area contributed by atoms with Gasteiger partial charge >= 0.3 is 0 Å². The predicted octanol–water partition coefficient (Wildman–Crippen LogP) is 3.55. The molecular formula is C11H11Cl2N3OS2. The fourth-order valence-electron chi connectivity index (χ4n) is 1.32. The Hall–Kier alpha value is -0.430. The Labute approximate surface area is 129 Å². The number of hydrogen-bond acceptors (Lipinski definition) is 5. The molecule has 0 radical (unpaired) electrons. The average Bonchev–Trinajstić information content (AvgIpc) is 2.85. The van der Waals surface area contributed by atoms with Crippen molar-refractivity contribution in [2.75, 3.05) is 17.6 Å². The van der Waals surface area contributed by atoms with Crippen molar-refractivity contribution in [1.82, 2.24) is 4.98 Å². The van der Waals surface area contributed by atoms with Crippen LogP contribution < -0.4 is 5.32 Å². The lowest BCUT2D eigenvalue weighted by Crippen LogP contribution is -2.24. The standard InChI is InChI=1S/C11H11Cl2N3OS2/c1-6(19-11-14-2-3-18-11)10(17)16-9-8(13)4-7(12)5-15-9/h4-6H,2-3H2,1H3,(H,15,16,17)/t6-/m0/s1. The van der Waals surface area contributed by atoms with Crippen LogP contribution in [0.25, 0.3) is 0 Å². The van der Waals surface area contributed by atoms with E-state index in [0.717, 1.165) is 16.7 Å². The van der Waals surface area contributed by atoms with E-state index in [-0.39, 0.29) is 11.2 Å². The van der Waals surface area contributed by atoms with Gasteiger partial charge in [-0.2, -0.15) is 0 Å². The zero-order valence-electron chi connectivity index (χ0n) is 10.0. The highest BCUT2D eigenvalue weighted by Crippen LogP contribution is 2.27. The number of carbonyl (C=O) groups excluding carboxylic acids is 1. The number of carbonyl (C=O) groups is 1. The number of aliphatic imine (C=N–C) groups is 1. The molecule has 1 aromatic heterocycles. The summed E-state index contributed by atoms with van der Waals surface area (Å²) < 4.78 is 0.956. The first-order chi connectivity index (χ1) is 9.06. The minimum Gasteiger partial charge on any atom is -0.308 e. The molecule has 1 aromatic rings. The molecule has 0 aromatic carbocycles. The zero-order valence-corrected chi connectivity index (χ0v) is 13.2. The van der Waals surface area contributed by atoms with E-state index in [1.54, 1.807) is 17.8 Å². The maximum absolute atomic E-state index is 12.0. The Balaban J connectivity index is 1.96. The first-order valence-electron chi connectivity index (χ1n) is 5.52. The predicted molar refractivity (Wildman–Crippen MR) is 84.7 cm³/mol. The first kappa shape index (κ1) is 15.0. The van der Waals surface area contributed by atoms with E-state index in [0.29, 0.717) is 15.9 Å². The van der Waals surface area contributed by atoms with Gasteiger partial charge in [0, 0.05) is 11.9 Å². The normalized spacial score (nSPS) is 16.1. The number of halogens is 2. The van der Waals surface area contributed by atoms with Gasteiger partial charge in [-0.1, -0.05) is 46.7 Å². The molecule has 1 N–H and O–H groups in total. The second-order valence-electron chi connectivity index (χ2n) is 3.73. The summed E-state index contributed by atoms with van der Waals surface area (Å²) >= 11 is 14.8. The quantitative estimate of drug-likeness (QED) is 0.917. The fourth-order valence-corrected chi connectivity index (χ4v) is 3.87. The summed E-state index contributed by atoms with van der Waals surface area (Å²) in [4.78, 5) is 20.3. The second kappa shape index (κ2) is 6.83. The number of rotatable bonds is 3. The lowest BCUT2D eigenvalue weighted by Gasteiger charge is -2.11. The largest absolute Gasteiger partial charge is 0.308 e. The molecule has 4 nitrogen and oxygen atoms in total. The Morgan fingerprint density at radius 3 is 3.00 bits per heavy atom. The van der Waals surface area contributed by atoms with Crippen LogP contribution in [0.2, 0.25) is 10.0 Å². The van der Waals surface area contributed by atoms with Crippen molar-refractivity contribution in [3.63, 3.8) is 0 Å². The summed E-state index contributed by atoms with van der Waals surface area (Å²) in [7, 11) is 0. The summed E-state index contributed by atoms with van der Waals surface area (Å²) in [6.45, 7) is 2.65. The summed E-state index contributed by atoms with van der Waals surface area (Å²) in [5.41, 5.74) is 0. The van der Waals surface area contributed by atoms with Crippen LogP contribution in [0.4, 0.5) is 5.82 Å². The van der Waals surface area contributed by atoms with Crippen molar-refractivity contribution < 1.29 is 4.79 Å². The Bertz CT molecular complexity index is 525. The molecule has 1 amide bonds. The number of pyridine rings is 1. The number of nitrogens with zero attached hydrogens (tertiary/aromatic N) is 2. The summed E-state index contributed by atoms with van der Waals surface area (Å²) in [5, 5.41) is 3.19. The average molecular weight is 336 g/mol. The fraction of sp³-hybridized carbons (Fsp3) is 0.364. The molecule has 1 atom stereocenters. The van der Waals surface area contributed by atoms with Gasteiger partial charge < -0.3 is 5.32 Å². The molecule has 19 heavy (non-hydrogen) atoms. The first-order valence-corrected chi connectivity index (χ1v) is 8.14. The van der Waals surface area contributed by atoms with Gasteiger partial charge in [-0.25, -0.2) is 4.98 Å². The van der Waals surface area contributed by atoms with Gasteiger partial charge in [0.2, 0.25) is 5.91 Å². The third-order valence-corrected chi connectivity index (χ3v) is 5.05. The third-order valence-electron chi connectivity index (χ3n) is 2.25. The maximum Gasteiger partial charge on any atom is 0.238 e. The number of amides is 1. The minimum absolute atomic E-state index is 0.156. The van der Waals surface area contributed by atoms with Gasteiger partial charge in [0.1, 0.15) is 4.38 Å². The van der Waals surface area contributed by atoms with Crippen molar-refractivity contribution in [2.45, 2.75) is 12.2 Å². The summed E-state index contributed by atoms with van der Waals surface area (Å²) in [5.74, 6) is 1.16. The van der Waals surface area contributed by atoms with Gasteiger partial charge in [0.15, 0.2) is 5.82 Å². The van der Waals surface area contributed by atoms with Crippen LogP contribution in [0.15, 0.2) is 17.3 Å². The van der Waals surface area contributed by atoms with Crippen molar-refractivity contribution in [2.24, 2.45) is 4.99 Å². The van der Waals surface area contributed by atoms with E-state index in [1.807, 2.05) is 6.92 Å². The highest BCUT2D eigenvalue weighted by Gasteiger charge is 2.20. The molecule has 2 rings (SSSR count). The van der Waals surface area contributed by atoms with Gasteiger partial charge in [0.25, 0.3) is 0 Å². The highest BCUT2D eigenvalue weighted by molar-refractivity contribution is 8.39. The van der Waals surface area contributed by atoms with Crippen molar-refractivity contribution in [3.05, 3.63) is 22.3 Å².